The molecule has 47 heavy (non-hydrogen) atoms. The molecule has 0 saturated carbocycles. The fourth-order valence-corrected chi connectivity index (χ4v) is 7.21. The Hall–Kier alpha value is -5.41. The van der Waals surface area contributed by atoms with Crippen molar-refractivity contribution in [2.24, 2.45) is 10.9 Å². The van der Waals surface area contributed by atoms with E-state index >= 15 is 0 Å². The molecule has 230 valence electrons. The smallest absolute Gasteiger partial charge is 0.147 e. The van der Waals surface area contributed by atoms with Crippen molar-refractivity contribution in [3.8, 4) is 28.0 Å². The number of benzene rings is 6. The minimum Gasteiger partial charge on any atom is -0.455 e. The first-order chi connectivity index (χ1) is 23.2. The summed E-state index contributed by atoms with van der Waals surface area (Å²) in [7, 11) is 0. The third-order valence-corrected chi connectivity index (χ3v) is 9.12. The topological polar surface area (TPSA) is 33.6 Å². The van der Waals surface area contributed by atoms with E-state index in [9.17, 15) is 0 Å². The van der Waals surface area contributed by atoms with Crippen molar-refractivity contribution in [2.45, 2.75) is 26.7 Å². The summed E-state index contributed by atoms with van der Waals surface area (Å²) in [6, 6.07) is 47.8. The maximum absolute atomic E-state index is 7.37. The molecule has 2 aliphatic rings. The van der Waals surface area contributed by atoms with E-state index in [0.717, 1.165) is 82.1 Å². The van der Waals surface area contributed by atoms with Crippen LogP contribution in [0.1, 0.15) is 48.1 Å². The van der Waals surface area contributed by atoms with Gasteiger partial charge in [-0.05, 0) is 57.5 Å². The van der Waals surface area contributed by atoms with E-state index in [2.05, 4.69) is 153 Å². The van der Waals surface area contributed by atoms with Crippen molar-refractivity contribution in [1.82, 2.24) is 5.32 Å². The van der Waals surface area contributed by atoms with Gasteiger partial charge in [-0.15, -0.1) is 0 Å². The molecule has 2 heterocycles. The number of hydrogen-bond acceptors (Lipinski definition) is 3. The first-order valence-corrected chi connectivity index (χ1v) is 16.8. The Bertz CT molecular complexity index is 2130. The molecule has 0 unspecified atom stereocenters. The van der Waals surface area contributed by atoms with Crippen LogP contribution in [-0.4, -0.2) is 18.9 Å². The van der Waals surface area contributed by atoms with Gasteiger partial charge < -0.3 is 10.1 Å². The molecule has 3 heteroatoms. The van der Waals surface area contributed by atoms with Crippen LogP contribution in [0.2, 0.25) is 0 Å². The highest BCUT2D eigenvalue weighted by atomic mass is 16.5. The summed E-state index contributed by atoms with van der Waals surface area (Å²) in [6.07, 6.45) is 1.99. The lowest BCUT2D eigenvalue weighted by Crippen LogP contribution is -2.31. The summed E-state index contributed by atoms with van der Waals surface area (Å²) < 4.78 is 7.37. The molecule has 0 aromatic heterocycles. The highest BCUT2D eigenvalue weighted by Crippen LogP contribution is 2.53. The van der Waals surface area contributed by atoms with Crippen molar-refractivity contribution in [3.05, 3.63) is 161 Å². The first kappa shape index (κ1) is 29.0. The summed E-state index contributed by atoms with van der Waals surface area (Å²) in [4.78, 5) is 5.13. The molecule has 0 fully saturated rings. The molecule has 8 rings (SSSR count). The Kier molecular flexibility index (Phi) is 7.67. The van der Waals surface area contributed by atoms with Gasteiger partial charge in [0.2, 0.25) is 0 Å². The van der Waals surface area contributed by atoms with Crippen molar-refractivity contribution >= 4 is 27.9 Å². The summed E-state index contributed by atoms with van der Waals surface area (Å²) in [5, 5.41) is 6.04. The maximum atomic E-state index is 7.37. The zero-order chi connectivity index (χ0) is 31.7. The predicted molar refractivity (Wildman–Crippen MR) is 197 cm³/mol. The molecule has 0 spiro atoms. The van der Waals surface area contributed by atoms with E-state index in [1.165, 1.54) is 27.6 Å². The van der Waals surface area contributed by atoms with E-state index in [4.69, 9.17) is 9.73 Å². The van der Waals surface area contributed by atoms with E-state index in [1.54, 1.807) is 0 Å². The summed E-state index contributed by atoms with van der Waals surface area (Å²) in [6.45, 7) is 6.27. The first-order valence-electron chi connectivity index (χ1n) is 16.8. The summed E-state index contributed by atoms with van der Waals surface area (Å²) >= 11 is 0. The standard InChI is InChI=1S/C44H38N2O/c1-29(2)26-30-27-35-37(31-16-7-3-8-17-31)39(33-20-11-5-12-21-33)41(44-45-24-15-25-46-44)43-40(35)36(28-30)38(32-18-9-4-10-19-32)42(47-43)34-22-13-6-14-23-34/h3-14,16-23,27-29H,15,24-26H2,1-2H3,(H,45,46). The fourth-order valence-electron chi connectivity index (χ4n) is 7.21. The number of nitrogens with zero attached hydrogens (tertiary/aromatic N) is 1. The highest BCUT2D eigenvalue weighted by Gasteiger charge is 2.34. The second kappa shape index (κ2) is 12.4. The molecule has 0 atom stereocenters. The number of aliphatic imine (C=N–C) groups is 1. The van der Waals surface area contributed by atoms with E-state index in [-0.39, 0.29) is 0 Å². The average Bonchev–Trinajstić information content (AvgIpc) is 3.12. The van der Waals surface area contributed by atoms with Gasteiger partial charge >= 0.3 is 0 Å². The Morgan fingerprint density at radius 3 is 1.81 bits per heavy atom. The normalized spacial score (nSPS) is 14.1. The monoisotopic (exact) mass is 610 g/mol. The number of nitrogens with one attached hydrogen (secondary N) is 1. The van der Waals surface area contributed by atoms with Crippen LogP contribution in [0.15, 0.2) is 138 Å². The molecule has 0 aliphatic carbocycles. The number of rotatable bonds is 7. The van der Waals surface area contributed by atoms with Crippen LogP contribution in [-0.2, 0) is 6.42 Å². The molecule has 6 aromatic carbocycles. The van der Waals surface area contributed by atoms with Crippen LogP contribution in [0, 0.1) is 5.92 Å². The Morgan fingerprint density at radius 1 is 0.660 bits per heavy atom. The van der Waals surface area contributed by atoms with Crippen LogP contribution >= 0.6 is 0 Å². The van der Waals surface area contributed by atoms with Gasteiger partial charge in [0.1, 0.15) is 17.3 Å². The fraction of sp³-hybridized carbons (Fsp3) is 0.159. The largest absolute Gasteiger partial charge is 0.455 e. The third-order valence-electron chi connectivity index (χ3n) is 9.12. The van der Waals surface area contributed by atoms with Gasteiger partial charge in [-0.3, -0.25) is 4.99 Å². The maximum Gasteiger partial charge on any atom is 0.147 e. The zero-order valence-corrected chi connectivity index (χ0v) is 27.0. The lowest BCUT2D eigenvalue weighted by atomic mass is 9.79. The molecule has 0 bridgehead atoms. The van der Waals surface area contributed by atoms with Crippen LogP contribution in [0.5, 0.6) is 5.75 Å². The van der Waals surface area contributed by atoms with E-state index in [0.29, 0.717) is 5.92 Å². The van der Waals surface area contributed by atoms with Crippen LogP contribution in [0.25, 0.3) is 44.4 Å². The number of amidine groups is 1. The van der Waals surface area contributed by atoms with Crippen molar-refractivity contribution < 1.29 is 4.74 Å². The molecule has 6 aromatic rings. The second-order valence-corrected chi connectivity index (χ2v) is 12.9. The van der Waals surface area contributed by atoms with Crippen molar-refractivity contribution in [3.63, 3.8) is 0 Å². The van der Waals surface area contributed by atoms with Gasteiger partial charge in [-0.25, -0.2) is 0 Å². The number of hydrogen-bond donors (Lipinski definition) is 1. The number of ether oxygens (including phenoxy) is 1. The van der Waals surface area contributed by atoms with Gasteiger partial charge in [-0.2, -0.15) is 0 Å². The van der Waals surface area contributed by atoms with Crippen LogP contribution in [0.3, 0.4) is 0 Å². The summed E-state index contributed by atoms with van der Waals surface area (Å²) in [5.74, 6) is 3.15. The average molecular weight is 611 g/mol. The molecular formula is C44H38N2O. The molecule has 0 saturated heterocycles. The SMILES string of the molecule is CC(C)Cc1cc2c3c(c(C4=NCCCN4)c(-c4ccccc4)c(-c4ccccc4)c3c1)OC(c1ccccc1)=C2c1ccccc1. The predicted octanol–water partition coefficient (Wildman–Crippen LogP) is 10.4. The van der Waals surface area contributed by atoms with Gasteiger partial charge in [0.05, 0.1) is 5.56 Å². The highest BCUT2D eigenvalue weighted by molar-refractivity contribution is 6.23. The quantitative estimate of drug-likeness (QED) is 0.195. The van der Waals surface area contributed by atoms with E-state index in [1.807, 2.05) is 0 Å². The minimum atomic E-state index is 0.505. The lowest BCUT2D eigenvalue weighted by Gasteiger charge is -2.32. The van der Waals surface area contributed by atoms with Crippen LogP contribution in [0.4, 0.5) is 0 Å². The van der Waals surface area contributed by atoms with Gasteiger partial charge in [0, 0.05) is 35.2 Å². The van der Waals surface area contributed by atoms with Crippen molar-refractivity contribution in [1.29, 1.82) is 0 Å². The Labute approximate surface area is 277 Å². The lowest BCUT2D eigenvalue weighted by molar-refractivity contribution is 0.518. The van der Waals surface area contributed by atoms with Gasteiger partial charge in [-0.1, -0.05) is 147 Å². The third kappa shape index (κ3) is 5.32. The molecule has 0 radical (unpaired) electrons. The molecule has 3 nitrogen and oxygen atoms in total. The molecule has 2 aliphatic heterocycles. The molecule has 1 N–H and O–H groups in total. The van der Waals surface area contributed by atoms with E-state index < -0.39 is 0 Å². The van der Waals surface area contributed by atoms with Crippen LogP contribution < -0.4 is 10.1 Å². The second-order valence-electron chi connectivity index (χ2n) is 12.9. The zero-order valence-electron chi connectivity index (χ0n) is 27.0. The van der Waals surface area contributed by atoms with Gasteiger partial charge in [0.25, 0.3) is 0 Å². The Morgan fingerprint density at radius 2 is 1.23 bits per heavy atom. The van der Waals surface area contributed by atoms with Gasteiger partial charge in [0.15, 0.2) is 0 Å². The molecular weight excluding hydrogens is 572 g/mol. The minimum absolute atomic E-state index is 0.505. The summed E-state index contributed by atoms with van der Waals surface area (Å²) in [5.41, 5.74) is 11.6. The molecule has 0 amide bonds. The van der Waals surface area contributed by atoms with Crippen molar-refractivity contribution in [2.75, 3.05) is 13.1 Å². The Balaban J connectivity index is 1.60.